The minimum Gasteiger partial charge on any atom is -0.501 e. The maximum absolute atomic E-state index is 11.8. The first-order chi connectivity index (χ1) is 9.13. The second kappa shape index (κ2) is 5.47. The van der Waals surface area contributed by atoms with Crippen molar-refractivity contribution in [2.24, 2.45) is 11.8 Å². The minimum absolute atomic E-state index is 0.00560. The Bertz CT molecular complexity index is 442. The Balaban J connectivity index is 2.49. The van der Waals surface area contributed by atoms with Crippen molar-refractivity contribution in [3.05, 3.63) is 23.0 Å². The molecular weight excluding hydrogens is 248 g/mol. The summed E-state index contributed by atoms with van der Waals surface area (Å²) >= 11 is 0. The Morgan fingerprint density at radius 2 is 1.63 bits per heavy atom. The molecule has 1 fully saturated rings. The SMILES string of the molecule is COC(=O)C(C(=O)OC)=C1C=C(OC)[C@@H]2CCC[C@H]12. The van der Waals surface area contributed by atoms with Gasteiger partial charge in [0.2, 0.25) is 0 Å². The van der Waals surface area contributed by atoms with E-state index in [0.29, 0.717) is 5.57 Å². The molecule has 0 spiro atoms. The second-order valence-corrected chi connectivity index (χ2v) is 4.71. The first-order valence-corrected chi connectivity index (χ1v) is 6.30. The molecule has 2 aliphatic carbocycles. The fourth-order valence-corrected chi connectivity index (χ4v) is 3.03. The zero-order valence-electron chi connectivity index (χ0n) is 11.4. The molecule has 0 bridgehead atoms. The molecule has 0 heterocycles. The van der Waals surface area contributed by atoms with Gasteiger partial charge >= 0.3 is 11.9 Å². The van der Waals surface area contributed by atoms with Crippen molar-refractivity contribution in [3.63, 3.8) is 0 Å². The molecule has 0 aromatic heterocycles. The van der Waals surface area contributed by atoms with Gasteiger partial charge in [0.15, 0.2) is 0 Å². The number of allylic oxidation sites excluding steroid dienone is 3. The number of methoxy groups -OCH3 is 3. The van der Waals surface area contributed by atoms with Crippen LogP contribution in [0.25, 0.3) is 0 Å². The molecule has 0 aliphatic heterocycles. The summed E-state index contributed by atoms with van der Waals surface area (Å²) in [5.74, 6) is -0.0440. The predicted molar refractivity (Wildman–Crippen MR) is 67.0 cm³/mol. The molecule has 5 heteroatoms. The summed E-state index contributed by atoms with van der Waals surface area (Å²) < 4.78 is 14.7. The van der Waals surface area contributed by atoms with Gasteiger partial charge in [-0.1, -0.05) is 6.42 Å². The van der Waals surface area contributed by atoms with E-state index in [2.05, 4.69) is 0 Å². The number of hydrogen-bond acceptors (Lipinski definition) is 5. The summed E-state index contributed by atoms with van der Waals surface area (Å²) in [6, 6.07) is 0. The summed E-state index contributed by atoms with van der Waals surface area (Å²) in [6.45, 7) is 0. The van der Waals surface area contributed by atoms with Crippen molar-refractivity contribution in [3.8, 4) is 0 Å². The lowest BCUT2D eigenvalue weighted by Crippen LogP contribution is -2.20. The first kappa shape index (κ1) is 13.6. The van der Waals surface area contributed by atoms with E-state index >= 15 is 0 Å². The van der Waals surface area contributed by atoms with Crippen LogP contribution in [0, 0.1) is 11.8 Å². The number of carbonyl (C=O) groups is 2. The van der Waals surface area contributed by atoms with Crippen molar-refractivity contribution in [2.45, 2.75) is 19.3 Å². The van der Waals surface area contributed by atoms with Crippen LogP contribution in [0.3, 0.4) is 0 Å². The highest BCUT2D eigenvalue weighted by atomic mass is 16.5. The molecule has 5 nitrogen and oxygen atoms in total. The van der Waals surface area contributed by atoms with E-state index < -0.39 is 11.9 Å². The third-order valence-corrected chi connectivity index (χ3v) is 3.88. The lowest BCUT2D eigenvalue weighted by atomic mass is 9.92. The molecule has 0 unspecified atom stereocenters. The van der Waals surface area contributed by atoms with Crippen molar-refractivity contribution < 1.29 is 23.8 Å². The van der Waals surface area contributed by atoms with Gasteiger partial charge in [0, 0.05) is 5.92 Å². The first-order valence-electron chi connectivity index (χ1n) is 6.30. The maximum atomic E-state index is 11.8. The third kappa shape index (κ3) is 2.25. The topological polar surface area (TPSA) is 61.8 Å². The van der Waals surface area contributed by atoms with Gasteiger partial charge < -0.3 is 14.2 Å². The van der Waals surface area contributed by atoms with Crippen molar-refractivity contribution in [2.75, 3.05) is 21.3 Å². The third-order valence-electron chi connectivity index (χ3n) is 3.88. The normalized spacial score (nSPS) is 24.6. The Labute approximate surface area is 112 Å². The largest absolute Gasteiger partial charge is 0.501 e. The minimum atomic E-state index is -0.652. The van der Waals surface area contributed by atoms with Gasteiger partial charge in [0.05, 0.1) is 27.1 Å². The molecule has 2 aliphatic rings. The lowest BCUT2D eigenvalue weighted by Gasteiger charge is -2.15. The van der Waals surface area contributed by atoms with Crippen LogP contribution < -0.4 is 0 Å². The van der Waals surface area contributed by atoms with Crippen LogP contribution in [-0.2, 0) is 23.8 Å². The number of ether oxygens (including phenoxy) is 3. The molecule has 0 aromatic carbocycles. The molecule has 0 saturated heterocycles. The molecular formula is C14H18O5. The number of hydrogen-bond donors (Lipinski definition) is 0. The Morgan fingerprint density at radius 1 is 1.05 bits per heavy atom. The summed E-state index contributed by atoms with van der Waals surface area (Å²) in [7, 11) is 4.13. The van der Waals surface area contributed by atoms with Gasteiger partial charge in [0.25, 0.3) is 0 Å². The van der Waals surface area contributed by atoms with E-state index in [4.69, 9.17) is 14.2 Å². The molecule has 19 heavy (non-hydrogen) atoms. The van der Waals surface area contributed by atoms with E-state index in [1.807, 2.05) is 0 Å². The molecule has 0 N–H and O–H groups in total. The van der Waals surface area contributed by atoms with E-state index in [1.54, 1.807) is 13.2 Å². The lowest BCUT2D eigenvalue weighted by molar-refractivity contribution is -0.144. The van der Waals surface area contributed by atoms with Crippen LogP contribution in [0.2, 0.25) is 0 Å². The van der Waals surface area contributed by atoms with E-state index in [-0.39, 0.29) is 17.4 Å². The van der Waals surface area contributed by atoms with Crippen molar-refractivity contribution in [1.29, 1.82) is 0 Å². The molecule has 0 amide bonds. The molecule has 1 saturated carbocycles. The zero-order chi connectivity index (χ0) is 14.0. The van der Waals surface area contributed by atoms with Crippen LogP contribution in [0.1, 0.15) is 19.3 Å². The second-order valence-electron chi connectivity index (χ2n) is 4.71. The van der Waals surface area contributed by atoms with Crippen LogP contribution >= 0.6 is 0 Å². The summed E-state index contributed by atoms with van der Waals surface area (Å²) in [6.07, 6.45) is 4.82. The Kier molecular flexibility index (Phi) is 3.93. The number of esters is 2. The molecule has 0 radical (unpaired) electrons. The fourth-order valence-electron chi connectivity index (χ4n) is 3.03. The monoisotopic (exact) mass is 266 g/mol. The quantitative estimate of drug-likeness (QED) is 0.336. The average Bonchev–Trinajstić information content (AvgIpc) is 3.01. The predicted octanol–water partition coefficient (Wildman–Crippen LogP) is 1.59. The van der Waals surface area contributed by atoms with Gasteiger partial charge in [-0.25, -0.2) is 9.59 Å². The van der Waals surface area contributed by atoms with E-state index in [1.165, 1.54) is 14.2 Å². The highest BCUT2D eigenvalue weighted by molar-refractivity contribution is 6.15. The molecule has 0 aromatic rings. The summed E-state index contributed by atoms with van der Waals surface area (Å²) in [5, 5.41) is 0. The summed E-state index contributed by atoms with van der Waals surface area (Å²) in [5.41, 5.74) is 0.687. The van der Waals surface area contributed by atoms with Gasteiger partial charge in [-0.05, 0) is 30.4 Å². The van der Waals surface area contributed by atoms with Crippen LogP contribution in [0.5, 0.6) is 0 Å². The molecule has 104 valence electrons. The van der Waals surface area contributed by atoms with Gasteiger partial charge in [0.1, 0.15) is 5.57 Å². The van der Waals surface area contributed by atoms with Crippen LogP contribution in [-0.4, -0.2) is 33.3 Å². The van der Waals surface area contributed by atoms with Crippen molar-refractivity contribution >= 4 is 11.9 Å². The number of fused-ring (bicyclic) bond motifs is 1. The Hall–Kier alpha value is -1.78. The van der Waals surface area contributed by atoms with Gasteiger partial charge in [-0.3, -0.25) is 0 Å². The van der Waals surface area contributed by atoms with E-state index in [0.717, 1.165) is 25.0 Å². The number of carbonyl (C=O) groups excluding carboxylic acids is 2. The average molecular weight is 266 g/mol. The number of rotatable bonds is 3. The summed E-state index contributed by atoms with van der Waals surface area (Å²) in [4.78, 5) is 23.7. The van der Waals surface area contributed by atoms with Crippen LogP contribution in [0.4, 0.5) is 0 Å². The highest BCUT2D eigenvalue weighted by Crippen LogP contribution is 2.48. The molecule has 2 atom stereocenters. The smallest absolute Gasteiger partial charge is 0.345 e. The fraction of sp³-hybridized carbons (Fsp3) is 0.571. The Morgan fingerprint density at radius 3 is 2.16 bits per heavy atom. The standard InChI is InChI=1S/C14H18O5/c1-17-11-7-10(8-5-4-6-9(8)11)12(13(15)18-2)14(16)19-3/h7-9H,4-6H2,1-3H3/t8-,9+/m0/s1. The molecule has 2 rings (SSSR count). The van der Waals surface area contributed by atoms with Gasteiger partial charge in [-0.15, -0.1) is 0 Å². The van der Waals surface area contributed by atoms with Crippen molar-refractivity contribution in [1.82, 2.24) is 0 Å². The highest BCUT2D eigenvalue weighted by Gasteiger charge is 2.42. The van der Waals surface area contributed by atoms with Crippen LogP contribution in [0.15, 0.2) is 23.0 Å². The maximum Gasteiger partial charge on any atom is 0.345 e. The van der Waals surface area contributed by atoms with E-state index in [9.17, 15) is 9.59 Å². The zero-order valence-corrected chi connectivity index (χ0v) is 11.4. The van der Waals surface area contributed by atoms with Gasteiger partial charge in [-0.2, -0.15) is 0 Å².